The first-order valence-corrected chi connectivity index (χ1v) is 22.5. The van der Waals surface area contributed by atoms with Gasteiger partial charge in [0.05, 0.1) is 34.0 Å². The van der Waals surface area contributed by atoms with Crippen LogP contribution in [0, 0.1) is 20.8 Å². The van der Waals surface area contributed by atoms with Gasteiger partial charge >= 0.3 is 24.1 Å². The van der Waals surface area contributed by atoms with Crippen LogP contribution in [0.1, 0.15) is 141 Å². The van der Waals surface area contributed by atoms with Gasteiger partial charge in [0.1, 0.15) is 0 Å². The number of hydrogen-bond acceptors (Lipinski definition) is 15. The quantitative estimate of drug-likeness (QED) is 0.0357. The van der Waals surface area contributed by atoms with Crippen molar-refractivity contribution in [3.8, 4) is 11.4 Å². The highest BCUT2D eigenvalue weighted by Crippen LogP contribution is 2.19. The van der Waals surface area contributed by atoms with Crippen molar-refractivity contribution in [2.75, 3.05) is 75.2 Å². The molecule has 0 radical (unpaired) electrons. The highest BCUT2D eigenvalue weighted by Gasteiger charge is 2.06. The maximum atomic E-state index is 10.6. The fraction of sp³-hybridized carbons (Fsp3) is 0.673. The molecule has 370 valence electrons. The zero-order valence-electron chi connectivity index (χ0n) is 41.6. The smallest absolute Gasteiger partial charge is 0.469 e. The summed E-state index contributed by atoms with van der Waals surface area (Å²) in [5.74, 6) is 0.464. The normalized spacial score (nSPS) is 9.55. The first-order chi connectivity index (χ1) is 30.8. The van der Waals surface area contributed by atoms with Crippen molar-refractivity contribution in [2.45, 2.75) is 144 Å². The van der Waals surface area contributed by atoms with E-state index in [4.69, 9.17) is 28.2 Å². The summed E-state index contributed by atoms with van der Waals surface area (Å²) in [5.41, 5.74) is 3.52. The number of rotatable bonds is 27. The Morgan fingerprint density at radius 3 is 1.44 bits per heavy atom. The zero-order chi connectivity index (χ0) is 49.1. The molecule has 0 aliphatic rings. The van der Waals surface area contributed by atoms with Crippen molar-refractivity contribution in [1.82, 2.24) is 10.1 Å². The van der Waals surface area contributed by atoms with Crippen LogP contribution in [0.2, 0.25) is 0 Å². The molecule has 0 spiro atoms. The number of nitrogens with zero attached hydrogens (tertiary/aromatic N) is 2. The maximum Gasteiger partial charge on any atom is 0.507 e. The van der Waals surface area contributed by atoms with Crippen LogP contribution in [-0.2, 0) is 52.3 Å². The monoisotopic (exact) mass is 911 g/mol. The topological polar surface area (TPSA) is 181 Å². The van der Waals surface area contributed by atoms with Gasteiger partial charge in [0, 0.05) is 72.2 Å². The fourth-order valence-electron chi connectivity index (χ4n) is 4.46. The molecule has 0 unspecified atom stereocenters. The molecule has 0 aliphatic heterocycles. The Labute approximate surface area is 386 Å². The van der Waals surface area contributed by atoms with E-state index in [-0.39, 0.29) is 17.9 Å². The van der Waals surface area contributed by atoms with E-state index in [1.165, 1.54) is 57.1 Å². The van der Waals surface area contributed by atoms with Crippen molar-refractivity contribution in [3.05, 3.63) is 60.5 Å². The maximum absolute atomic E-state index is 10.6. The van der Waals surface area contributed by atoms with Crippen LogP contribution in [0.3, 0.4) is 0 Å². The SMILES string of the molecule is C=CC(=O)OCCCCCCOC.C=CC(=O)OCCCCOC.CCCCCC(=O)OC.CCCCCCOC.CCCCOC(=O)OC.Cc1nc(-c2ccc(C)c(C)c2)no1. The largest absolute Gasteiger partial charge is 0.507 e. The van der Waals surface area contributed by atoms with Gasteiger partial charge < -0.3 is 42.4 Å². The van der Waals surface area contributed by atoms with Crippen LogP contribution >= 0.6 is 0 Å². The summed E-state index contributed by atoms with van der Waals surface area (Å²) < 4.78 is 42.3. The molecule has 0 N–H and O–H groups in total. The summed E-state index contributed by atoms with van der Waals surface area (Å²) in [6.45, 7) is 22.8. The van der Waals surface area contributed by atoms with E-state index in [1.807, 2.05) is 13.0 Å². The molecule has 0 bridgehead atoms. The number of carbonyl (C=O) groups excluding carboxylic acids is 4. The Kier molecular flexibility index (Phi) is 54.4. The molecule has 0 fully saturated rings. The molecule has 0 saturated carbocycles. The number of ether oxygens (including phenoxy) is 8. The molecule has 0 amide bonds. The number of benzene rings is 1. The minimum atomic E-state index is -0.594. The van der Waals surface area contributed by atoms with Crippen molar-refractivity contribution < 1.29 is 61.6 Å². The zero-order valence-corrected chi connectivity index (χ0v) is 41.6. The first-order valence-electron chi connectivity index (χ1n) is 22.5. The van der Waals surface area contributed by atoms with Crippen LogP contribution in [0.15, 0.2) is 48.0 Å². The van der Waals surface area contributed by atoms with Gasteiger partial charge in [-0.25, -0.2) is 14.4 Å². The van der Waals surface area contributed by atoms with Crippen LogP contribution in [0.4, 0.5) is 4.79 Å². The van der Waals surface area contributed by atoms with Gasteiger partial charge in [-0.2, -0.15) is 4.98 Å². The number of aryl methyl sites for hydroxylation is 3. The number of esters is 3. The van der Waals surface area contributed by atoms with Crippen molar-refractivity contribution in [3.63, 3.8) is 0 Å². The molecule has 0 aliphatic carbocycles. The third-order valence-corrected chi connectivity index (χ3v) is 8.40. The first kappa shape index (κ1) is 66.0. The van der Waals surface area contributed by atoms with Gasteiger partial charge in [0.25, 0.3) is 0 Å². The lowest BCUT2D eigenvalue weighted by atomic mass is 10.1. The minimum absolute atomic E-state index is 0.0940. The summed E-state index contributed by atoms with van der Waals surface area (Å²) >= 11 is 0. The van der Waals surface area contributed by atoms with Crippen molar-refractivity contribution in [2.24, 2.45) is 0 Å². The van der Waals surface area contributed by atoms with Crippen molar-refractivity contribution in [1.29, 1.82) is 0 Å². The average molecular weight is 911 g/mol. The van der Waals surface area contributed by atoms with E-state index >= 15 is 0 Å². The number of unbranched alkanes of at least 4 members (excludes halogenated alkanes) is 10. The number of aromatic nitrogens is 2. The summed E-state index contributed by atoms with van der Waals surface area (Å²) in [4.78, 5) is 45.9. The average Bonchev–Trinajstić information content (AvgIpc) is 3.75. The summed E-state index contributed by atoms with van der Waals surface area (Å²) in [5, 5.41) is 3.87. The Hall–Kier alpha value is -4.60. The number of methoxy groups -OCH3 is 5. The van der Waals surface area contributed by atoms with E-state index < -0.39 is 6.16 Å². The fourth-order valence-corrected chi connectivity index (χ4v) is 4.46. The summed E-state index contributed by atoms with van der Waals surface area (Å²) in [6.07, 6.45) is 18.6. The number of carbonyl (C=O) groups is 4. The Bertz CT molecular complexity index is 1370. The van der Waals surface area contributed by atoms with Crippen LogP contribution < -0.4 is 0 Å². The van der Waals surface area contributed by atoms with Gasteiger partial charge in [-0.1, -0.05) is 96.2 Å². The van der Waals surface area contributed by atoms with Gasteiger partial charge in [0.15, 0.2) is 0 Å². The lowest BCUT2D eigenvalue weighted by Crippen LogP contribution is -2.04. The summed E-state index contributed by atoms with van der Waals surface area (Å²) in [6, 6.07) is 6.14. The molecule has 0 saturated heterocycles. The molecule has 2 aromatic rings. The molecule has 0 atom stereocenters. The standard InChI is InChI=1S/C11H12N2O.C10H18O3.C8H14O3.C7H14O2.C7H16O.C6H12O3/c1-7-4-5-10(6-8(7)2)11-12-9(3)14-13-11;1-3-10(11)13-9-7-5-4-6-8-12-2;1-3-8(9)11-7-5-4-6-10-2;1-3-4-5-6-7(8)9-2;1-3-4-5-6-7-8-2;1-3-4-5-9-6(7)8-2/h4-6H,1-3H3;3H,1,4-9H2,2H3;3H,1,4-7H2,2H3;3-6H2,1-2H3;3-7H2,1-2H3;3-5H2,1-2H3. The molecular formula is C49H86N2O13. The second-order valence-corrected chi connectivity index (χ2v) is 14.0. The second kappa shape index (κ2) is 52.7. The predicted molar refractivity (Wildman–Crippen MR) is 253 cm³/mol. The third-order valence-electron chi connectivity index (χ3n) is 8.40. The predicted octanol–water partition coefficient (Wildman–Crippen LogP) is 11.2. The highest BCUT2D eigenvalue weighted by molar-refractivity contribution is 5.81. The van der Waals surface area contributed by atoms with Crippen LogP contribution in [0.5, 0.6) is 0 Å². The van der Waals surface area contributed by atoms with E-state index in [1.54, 1.807) is 28.3 Å². The Morgan fingerprint density at radius 1 is 0.562 bits per heavy atom. The van der Waals surface area contributed by atoms with Gasteiger partial charge in [-0.05, 0) is 82.4 Å². The molecule has 2 rings (SSSR count). The lowest BCUT2D eigenvalue weighted by Gasteiger charge is -2.01. The Morgan fingerprint density at radius 2 is 1.02 bits per heavy atom. The molecule has 15 heteroatoms. The van der Waals surface area contributed by atoms with Crippen molar-refractivity contribution >= 4 is 24.1 Å². The van der Waals surface area contributed by atoms with Gasteiger partial charge in [-0.15, -0.1) is 0 Å². The van der Waals surface area contributed by atoms with Gasteiger partial charge in [-0.3, -0.25) is 4.79 Å². The molecule has 1 aromatic heterocycles. The third kappa shape index (κ3) is 50.0. The molecule has 1 aromatic carbocycles. The minimum Gasteiger partial charge on any atom is -0.469 e. The molecule has 15 nitrogen and oxygen atoms in total. The molecule has 1 heterocycles. The molecule has 64 heavy (non-hydrogen) atoms. The molecular weight excluding hydrogens is 825 g/mol. The lowest BCUT2D eigenvalue weighted by molar-refractivity contribution is -0.141. The van der Waals surface area contributed by atoms with E-state index in [0.29, 0.717) is 44.6 Å². The van der Waals surface area contributed by atoms with E-state index in [2.05, 4.69) is 77.3 Å². The van der Waals surface area contributed by atoms with E-state index in [0.717, 1.165) is 95.5 Å². The van der Waals surface area contributed by atoms with E-state index in [9.17, 15) is 19.2 Å². The summed E-state index contributed by atoms with van der Waals surface area (Å²) in [7, 11) is 7.83. The highest BCUT2D eigenvalue weighted by atomic mass is 16.7. The number of hydrogen-bond donors (Lipinski definition) is 0. The Balaban J connectivity index is -0.000000342. The second-order valence-electron chi connectivity index (χ2n) is 14.0. The van der Waals surface area contributed by atoms with Crippen LogP contribution in [0.25, 0.3) is 11.4 Å². The van der Waals surface area contributed by atoms with Crippen LogP contribution in [-0.4, -0.2) is 109 Å². The van der Waals surface area contributed by atoms with Gasteiger partial charge in [0.2, 0.25) is 11.7 Å².